The molecule has 28 heavy (non-hydrogen) atoms. The van der Waals surface area contributed by atoms with Gasteiger partial charge in [-0.25, -0.2) is 0 Å². The molecule has 0 unspecified atom stereocenters. The number of nitrogens with one attached hydrogen (secondary N) is 1. The van der Waals surface area contributed by atoms with Gasteiger partial charge in [0.1, 0.15) is 16.9 Å². The van der Waals surface area contributed by atoms with Crippen molar-refractivity contribution in [1.29, 1.82) is 0 Å². The van der Waals surface area contributed by atoms with Crippen LogP contribution in [-0.2, 0) is 4.79 Å². The fourth-order valence-corrected chi connectivity index (χ4v) is 3.99. The Labute approximate surface area is 167 Å². The van der Waals surface area contributed by atoms with Gasteiger partial charge < -0.3 is 14.5 Å². The van der Waals surface area contributed by atoms with E-state index in [9.17, 15) is 4.79 Å². The van der Waals surface area contributed by atoms with Gasteiger partial charge in [0.25, 0.3) is 0 Å². The smallest absolute Gasteiger partial charge is 0.237 e. The number of aryl methyl sites for hydroxylation is 1. The molecule has 3 aromatic carbocycles. The van der Waals surface area contributed by atoms with E-state index in [1.807, 2.05) is 74.5 Å². The van der Waals surface area contributed by atoms with Gasteiger partial charge in [-0.05, 0) is 38.1 Å². The molecule has 0 saturated heterocycles. The van der Waals surface area contributed by atoms with Crippen LogP contribution >= 0.6 is 11.8 Å². The van der Waals surface area contributed by atoms with Crippen LogP contribution in [0.3, 0.4) is 0 Å². The zero-order chi connectivity index (χ0) is 19.7. The van der Waals surface area contributed by atoms with E-state index >= 15 is 0 Å². The van der Waals surface area contributed by atoms with Gasteiger partial charge >= 0.3 is 0 Å². The lowest BCUT2D eigenvalue weighted by molar-refractivity contribution is -0.115. The van der Waals surface area contributed by atoms with Crippen molar-refractivity contribution in [2.45, 2.75) is 24.0 Å². The highest BCUT2D eigenvalue weighted by atomic mass is 32.2. The van der Waals surface area contributed by atoms with Crippen molar-refractivity contribution in [3.63, 3.8) is 0 Å². The van der Waals surface area contributed by atoms with Crippen LogP contribution in [0.25, 0.3) is 21.9 Å². The minimum atomic E-state index is -0.251. The lowest BCUT2D eigenvalue weighted by Gasteiger charge is -2.14. The molecule has 142 valence electrons. The van der Waals surface area contributed by atoms with Crippen molar-refractivity contribution in [1.82, 2.24) is 0 Å². The van der Waals surface area contributed by atoms with E-state index in [1.165, 1.54) is 17.3 Å². The van der Waals surface area contributed by atoms with Gasteiger partial charge in [-0.2, -0.15) is 0 Å². The second-order valence-electron chi connectivity index (χ2n) is 6.71. The van der Waals surface area contributed by atoms with Crippen LogP contribution in [0.4, 0.5) is 5.69 Å². The quantitative estimate of drug-likeness (QED) is 0.423. The van der Waals surface area contributed by atoms with Crippen molar-refractivity contribution < 1.29 is 13.9 Å². The van der Waals surface area contributed by atoms with Crippen LogP contribution < -0.4 is 10.1 Å². The summed E-state index contributed by atoms with van der Waals surface area (Å²) in [5.74, 6) is 0.527. The Bertz CT molecular complexity index is 1150. The van der Waals surface area contributed by atoms with E-state index in [4.69, 9.17) is 9.15 Å². The molecule has 0 fully saturated rings. The highest BCUT2D eigenvalue weighted by Gasteiger charge is 2.18. The van der Waals surface area contributed by atoms with Crippen LogP contribution in [0.15, 0.2) is 70.0 Å². The Morgan fingerprint density at radius 3 is 2.54 bits per heavy atom. The summed E-state index contributed by atoms with van der Waals surface area (Å²) in [4.78, 5) is 13.8. The van der Waals surface area contributed by atoms with Gasteiger partial charge in [-0.1, -0.05) is 35.9 Å². The molecular formula is C23H21NO3S. The second-order valence-corrected chi connectivity index (χ2v) is 8.12. The number of amides is 1. The summed E-state index contributed by atoms with van der Waals surface area (Å²) < 4.78 is 11.5. The molecule has 0 saturated carbocycles. The first-order valence-corrected chi connectivity index (χ1v) is 9.96. The third kappa shape index (κ3) is 3.58. The fraction of sp³-hybridized carbons (Fsp3) is 0.174. The molecule has 4 nitrogen and oxygen atoms in total. The van der Waals surface area contributed by atoms with Crippen molar-refractivity contribution >= 4 is 45.3 Å². The molecule has 0 aliphatic rings. The summed E-state index contributed by atoms with van der Waals surface area (Å²) in [6, 6.07) is 19.8. The third-order valence-electron chi connectivity index (χ3n) is 4.66. The molecule has 1 aromatic heterocycles. The minimum Gasteiger partial charge on any atom is -0.495 e. The van der Waals surface area contributed by atoms with Crippen LogP contribution in [0.5, 0.6) is 5.75 Å². The van der Waals surface area contributed by atoms with E-state index in [0.29, 0.717) is 11.4 Å². The number of thioether (sulfide) groups is 1. The van der Waals surface area contributed by atoms with Gasteiger partial charge in [-0.3, -0.25) is 4.79 Å². The Kier molecular flexibility index (Phi) is 5.01. The molecule has 0 aliphatic carbocycles. The lowest BCUT2D eigenvalue weighted by Crippen LogP contribution is -2.22. The molecule has 0 spiro atoms. The summed E-state index contributed by atoms with van der Waals surface area (Å²) in [6.45, 7) is 3.94. The lowest BCUT2D eigenvalue weighted by atomic mass is 10.1. The first-order chi connectivity index (χ1) is 13.5. The van der Waals surface area contributed by atoms with Gasteiger partial charge in [0, 0.05) is 21.7 Å². The second kappa shape index (κ2) is 7.60. The predicted octanol–water partition coefficient (Wildman–Crippen LogP) is 6.02. The number of fused-ring (bicyclic) bond motifs is 3. The molecule has 1 amide bonds. The molecule has 0 aliphatic heterocycles. The summed E-state index contributed by atoms with van der Waals surface area (Å²) >= 11 is 1.52. The topological polar surface area (TPSA) is 51.5 Å². The summed E-state index contributed by atoms with van der Waals surface area (Å²) in [6.07, 6.45) is 0. The highest BCUT2D eigenvalue weighted by Crippen LogP contribution is 2.36. The average molecular weight is 391 g/mol. The van der Waals surface area contributed by atoms with Crippen molar-refractivity contribution in [3.8, 4) is 5.75 Å². The Morgan fingerprint density at radius 1 is 1.04 bits per heavy atom. The van der Waals surface area contributed by atoms with Crippen molar-refractivity contribution in [2.24, 2.45) is 0 Å². The summed E-state index contributed by atoms with van der Waals surface area (Å²) in [7, 11) is 1.60. The Morgan fingerprint density at radius 2 is 1.79 bits per heavy atom. The number of rotatable bonds is 5. The fourth-order valence-electron chi connectivity index (χ4n) is 3.13. The van der Waals surface area contributed by atoms with Crippen LogP contribution in [0.2, 0.25) is 0 Å². The van der Waals surface area contributed by atoms with E-state index in [1.54, 1.807) is 7.11 Å². The van der Waals surface area contributed by atoms with E-state index in [-0.39, 0.29) is 11.2 Å². The van der Waals surface area contributed by atoms with E-state index < -0.39 is 0 Å². The summed E-state index contributed by atoms with van der Waals surface area (Å²) in [5.41, 5.74) is 3.34. The number of carbonyl (C=O) groups excluding carboxylic acids is 1. The molecule has 0 bridgehead atoms. The Hall–Kier alpha value is -2.92. The largest absolute Gasteiger partial charge is 0.495 e. The number of ether oxygens (including phenoxy) is 1. The van der Waals surface area contributed by atoms with Crippen LogP contribution in [-0.4, -0.2) is 18.3 Å². The number of hydrogen-bond acceptors (Lipinski definition) is 4. The normalized spacial score (nSPS) is 12.2. The molecule has 5 heteroatoms. The molecule has 1 N–H and O–H groups in total. The van der Waals surface area contributed by atoms with Gasteiger partial charge in [0.15, 0.2) is 0 Å². The maximum Gasteiger partial charge on any atom is 0.237 e. The maximum atomic E-state index is 12.7. The number of benzene rings is 3. The first-order valence-electron chi connectivity index (χ1n) is 9.08. The minimum absolute atomic E-state index is 0.0839. The van der Waals surface area contributed by atoms with Crippen molar-refractivity contribution in [3.05, 3.63) is 66.2 Å². The Balaban J connectivity index is 1.59. The number of para-hydroxylation sites is 1. The van der Waals surface area contributed by atoms with Gasteiger partial charge in [0.05, 0.1) is 18.0 Å². The molecular weight excluding hydrogens is 370 g/mol. The average Bonchev–Trinajstić information content (AvgIpc) is 3.06. The number of methoxy groups -OCH3 is 1. The van der Waals surface area contributed by atoms with Crippen molar-refractivity contribution in [2.75, 3.05) is 12.4 Å². The third-order valence-corrected chi connectivity index (χ3v) is 5.77. The van der Waals surface area contributed by atoms with Gasteiger partial charge in [0.2, 0.25) is 5.91 Å². The maximum absolute atomic E-state index is 12.7. The van der Waals surface area contributed by atoms with Crippen LogP contribution in [0.1, 0.15) is 12.5 Å². The monoisotopic (exact) mass is 391 g/mol. The highest BCUT2D eigenvalue weighted by molar-refractivity contribution is 8.00. The molecule has 4 aromatic rings. The SMILES string of the molecule is COc1cc2c(cc1NC(=O)[C@H](C)Sc1ccc(C)cc1)oc1ccccc12. The zero-order valence-electron chi connectivity index (χ0n) is 16.0. The number of furan rings is 1. The number of anilines is 1. The molecule has 1 heterocycles. The summed E-state index contributed by atoms with van der Waals surface area (Å²) in [5, 5.41) is 4.72. The van der Waals surface area contributed by atoms with E-state index in [2.05, 4.69) is 5.32 Å². The van der Waals surface area contributed by atoms with Crippen LogP contribution in [0, 0.1) is 6.92 Å². The number of hydrogen-bond donors (Lipinski definition) is 1. The molecule has 0 radical (unpaired) electrons. The van der Waals surface area contributed by atoms with E-state index in [0.717, 1.165) is 26.8 Å². The predicted molar refractivity (Wildman–Crippen MR) is 115 cm³/mol. The van der Waals surface area contributed by atoms with Gasteiger partial charge in [-0.15, -0.1) is 11.8 Å². The standard InChI is InChI=1S/C23H21NO3S/c1-14-8-10-16(11-9-14)28-15(2)23(25)24-19-13-21-18(12-22(19)26-3)17-6-4-5-7-20(17)27-21/h4-13,15H,1-3H3,(H,24,25)/t15-/m0/s1. The zero-order valence-corrected chi connectivity index (χ0v) is 16.8. The molecule has 4 rings (SSSR count). The first kappa shape index (κ1) is 18.4. The number of carbonyl (C=O) groups is 1. The molecule has 1 atom stereocenters.